The highest BCUT2D eigenvalue weighted by atomic mass is 31.2. The summed E-state index contributed by atoms with van der Waals surface area (Å²) < 4.78 is 20.2. The van der Waals surface area contributed by atoms with E-state index >= 15 is 0 Å². The molecule has 0 saturated carbocycles. The Morgan fingerprint density at radius 2 is 1.78 bits per heavy atom. The van der Waals surface area contributed by atoms with Gasteiger partial charge in [-0.15, -0.1) is 0 Å². The topological polar surface area (TPSA) is 35.5 Å². The zero-order chi connectivity index (χ0) is 7.33. The highest BCUT2D eigenvalue weighted by molar-refractivity contribution is 7.57. The van der Waals surface area contributed by atoms with Gasteiger partial charge < -0.3 is 9.05 Å². The maximum absolute atomic E-state index is 11.0. The minimum absolute atomic E-state index is 1.35. The van der Waals surface area contributed by atoms with E-state index in [2.05, 4.69) is 9.05 Å². The highest BCUT2D eigenvalue weighted by Gasteiger charge is 2.13. The first-order valence-electron chi connectivity index (χ1n) is 2.53. The van der Waals surface area contributed by atoms with E-state index in [4.69, 9.17) is 0 Å². The molecule has 0 saturated heterocycles. The molecule has 0 rings (SSSR count). The average Bonchev–Trinajstić information content (AvgIpc) is 1.89. The summed E-state index contributed by atoms with van der Waals surface area (Å²) >= 11 is 0. The van der Waals surface area contributed by atoms with Gasteiger partial charge in [0.1, 0.15) is 0 Å². The molecule has 4 heteroatoms. The fraction of sp³-hybridized carbons (Fsp3) is 0.600. The maximum atomic E-state index is 11.0. The first-order chi connectivity index (χ1) is 4.18. The van der Waals surface area contributed by atoms with E-state index in [-0.39, 0.29) is 0 Å². The first-order valence-corrected chi connectivity index (χ1v) is 4.14. The lowest BCUT2D eigenvalue weighted by atomic mass is 10.8. The minimum atomic E-state index is -2.86. The summed E-state index contributed by atoms with van der Waals surface area (Å²) in [7, 11) is -0.159. The van der Waals surface area contributed by atoms with Gasteiger partial charge in [-0.25, -0.2) is 0 Å². The molecule has 0 aliphatic heterocycles. The second kappa shape index (κ2) is 3.83. The third-order valence-corrected chi connectivity index (χ3v) is 2.52. The van der Waals surface area contributed by atoms with Crippen LogP contribution in [0.15, 0.2) is 11.9 Å². The van der Waals surface area contributed by atoms with E-state index in [1.807, 2.05) is 0 Å². The van der Waals surface area contributed by atoms with Crippen molar-refractivity contribution in [3.63, 3.8) is 0 Å². The van der Waals surface area contributed by atoms with Crippen LogP contribution in [0, 0.1) is 0 Å². The van der Waals surface area contributed by atoms with Crippen LogP contribution in [0.25, 0.3) is 0 Å². The van der Waals surface area contributed by atoms with Crippen LogP contribution in [0.4, 0.5) is 0 Å². The maximum Gasteiger partial charge on any atom is 0.353 e. The highest BCUT2D eigenvalue weighted by Crippen LogP contribution is 2.47. The molecule has 9 heavy (non-hydrogen) atoms. The van der Waals surface area contributed by atoms with E-state index in [1.165, 1.54) is 20.0 Å². The predicted octanol–water partition coefficient (Wildman–Crippen LogP) is 2.01. The molecule has 0 aromatic rings. The van der Waals surface area contributed by atoms with Gasteiger partial charge in [0, 0.05) is 20.0 Å². The Kier molecular flexibility index (Phi) is 3.78. The number of rotatable bonds is 3. The van der Waals surface area contributed by atoms with Crippen LogP contribution >= 0.6 is 7.60 Å². The molecule has 0 aliphatic carbocycles. The zero-order valence-electron chi connectivity index (χ0n) is 5.83. The van der Waals surface area contributed by atoms with Crippen molar-refractivity contribution in [1.82, 2.24) is 0 Å². The molecule has 3 nitrogen and oxygen atoms in total. The Bertz CT molecular complexity index is 133. The average molecular weight is 150 g/mol. The van der Waals surface area contributed by atoms with Gasteiger partial charge in [0.15, 0.2) is 0 Å². The predicted molar refractivity (Wildman–Crippen MR) is 36.4 cm³/mol. The molecule has 0 fully saturated rings. The summed E-state index contributed by atoms with van der Waals surface area (Å²) in [5, 5.41) is 0. The monoisotopic (exact) mass is 150 g/mol. The molecule has 0 N–H and O–H groups in total. The molecule has 0 aromatic carbocycles. The van der Waals surface area contributed by atoms with Gasteiger partial charge in [-0.1, -0.05) is 6.08 Å². The fourth-order valence-corrected chi connectivity index (χ4v) is 1.14. The molecule has 0 spiro atoms. The van der Waals surface area contributed by atoms with E-state index in [0.717, 1.165) is 0 Å². The van der Waals surface area contributed by atoms with Gasteiger partial charge in [-0.05, 0) is 6.92 Å². The van der Waals surface area contributed by atoms with Crippen molar-refractivity contribution in [2.24, 2.45) is 0 Å². The molecule has 0 aliphatic rings. The van der Waals surface area contributed by atoms with Crippen LogP contribution in [-0.4, -0.2) is 14.2 Å². The fourth-order valence-electron chi connectivity index (χ4n) is 0.379. The van der Waals surface area contributed by atoms with E-state index < -0.39 is 7.60 Å². The van der Waals surface area contributed by atoms with E-state index in [0.29, 0.717) is 0 Å². The number of hydrogen-bond donors (Lipinski definition) is 0. The van der Waals surface area contributed by atoms with Crippen LogP contribution in [0.3, 0.4) is 0 Å². The summed E-state index contributed by atoms with van der Waals surface area (Å²) in [6, 6.07) is 0. The molecular weight excluding hydrogens is 139 g/mol. The van der Waals surface area contributed by atoms with Crippen molar-refractivity contribution in [1.29, 1.82) is 0 Å². The normalized spacial score (nSPS) is 12.8. The third-order valence-electron chi connectivity index (χ3n) is 0.841. The molecule has 0 amide bonds. The minimum Gasteiger partial charge on any atom is -0.309 e. The van der Waals surface area contributed by atoms with Crippen LogP contribution < -0.4 is 0 Å². The van der Waals surface area contributed by atoms with Crippen molar-refractivity contribution >= 4 is 7.60 Å². The Morgan fingerprint density at radius 1 is 1.33 bits per heavy atom. The summed E-state index contributed by atoms with van der Waals surface area (Å²) in [5.74, 6) is 1.41. The van der Waals surface area contributed by atoms with Crippen molar-refractivity contribution < 1.29 is 13.6 Å². The largest absolute Gasteiger partial charge is 0.353 e. The number of hydrogen-bond acceptors (Lipinski definition) is 3. The molecule has 0 atom stereocenters. The van der Waals surface area contributed by atoms with E-state index in [9.17, 15) is 4.57 Å². The van der Waals surface area contributed by atoms with Crippen molar-refractivity contribution in [3.05, 3.63) is 11.9 Å². The van der Waals surface area contributed by atoms with Crippen LogP contribution in [-0.2, 0) is 13.6 Å². The molecule has 0 aromatic heterocycles. The molecular formula is C5H11O3P. The van der Waals surface area contributed by atoms with Crippen LogP contribution in [0.2, 0.25) is 0 Å². The molecule has 0 unspecified atom stereocenters. The molecule has 0 heterocycles. The molecule has 54 valence electrons. The second-order valence-electron chi connectivity index (χ2n) is 1.39. The zero-order valence-corrected chi connectivity index (χ0v) is 6.72. The SMILES string of the molecule is C/C=C/P(=O)(OC)OC. The van der Waals surface area contributed by atoms with Gasteiger partial charge in [0.25, 0.3) is 0 Å². The molecule has 0 radical (unpaired) electrons. The smallest absolute Gasteiger partial charge is 0.309 e. The first kappa shape index (κ1) is 8.89. The van der Waals surface area contributed by atoms with Gasteiger partial charge >= 0.3 is 7.60 Å². The molecule has 0 bridgehead atoms. The summed E-state index contributed by atoms with van der Waals surface area (Å²) in [5.41, 5.74) is 0. The third kappa shape index (κ3) is 2.80. The Hall–Kier alpha value is -0.110. The van der Waals surface area contributed by atoms with Crippen molar-refractivity contribution in [2.45, 2.75) is 6.92 Å². The summed E-state index contributed by atoms with van der Waals surface area (Å²) in [6.45, 7) is 1.75. The summed E-state index contributed by atoms with van der Waals surface area (Å²) in [6.07, 6.45) is 1.63. The van der Waals surface area contributed by atoms with Gasteiger partial charge in [-0.3, -0.25) is 4.57 Å². The van der Waals surface area contributed by atoms with Crippen LogP contribution in [0.1, 0.15) is 6.92 Å². The van der Waals surface area contributed by atoms with Crippen molar-refractivity contribution in [2.75, 3.05) is 14.2 Å². The quantitative estimate of drug-likeness (QED) is 0.577. The lowest BCUT2D eigenvalue weighted by Gasteiger charge is -2.06. The van der Waals surface area contributed by atoms with Crippen LogP contribution in [0.5, 0.6) is 0 Å². The Balaban J connectivity index is 4.11. The van der Waals surface area contributed by atoms with Crippen molar-refractivity contribution in [3.8, 4) is 0 Å². The van der Waals surface area contributed by atoms with Gasteiger partial charge in [0.05, 0.1) is 0 Å². The lowest BCUT2D eigenvalue weighted by molar-refractivity contribution is 0.286. The number of allylic oxidation sites excluding steroid dienone is 1. The van der Waals surface area contributed by atoms with E-state index in [1.54, 1.807) is 13.0 Å². The Labute approximate surface area is 55.2 Å². The van der Waals surface area contributed by atoms with Gasteiger partial charge in [0.2, 0.25) is 0 Å². The summed E-state index contributed by atoms with van der Waals surface area (Å²) in [4.78, 5) is 0. The standard InChI is InChI=1S/C5H11O3P/c1-4-5-9(6,7-2)8-3/h4-5H,1-3H3/b5-4+. The second-order valence-corrected chi connectivity index (χ2v) is 3.50. The lowest BCUT2D eigenvalue weighted by Crippen LogP contribution is -1.82. The Morgan fingerprint density at radius 3 is 1.89 bits per heavy atom. The van der Waals surface area contributed by atoms with Gasteiger partial charge in [-0.2, -0.15) is 0 Å².